The number of carboxylic acids is 1. The van der Waals surface area contributed by atoms with Gasteiger partial charge in [-0.1, -0.05) is 24.3 Å². The van der Waals surface area contributed by atoms with Gasteiger partial charge in [0.1, 0.15) is 0 Å². The molecule has 1 aliphatic rings. The Balaban J connectivity index is 0.00000162. The van der Waals surface area contributed by atoms with Crippen molar-refractivity contribution in [1.29, 1.82) is 0 Å². The van der Waals surface area contributed by atoms with E-state index in [-0.39, 0.29) is 41.0 Å². The van der Waals surface area contributed by atoms with Crippen LogP contribution in [-0.2, 0) is 11.2 Å². The first-order valence-corrected chi connectivity index (χ1v) is 5.72. The van der Waals surface area contributed by atoms with Crippen molar-refractivity contribution in [2.75, 3.05) is 6.54 Å². The molecule has 1 aromatic rings. The van der Waals surface area contributed by atoms with Gasteiger partial charge in [-0.05, 0) is 29.9 Å². The van der Waals surface area contributed by atoms with Gasteiger partial charge in [-0.15, -0.1) is 0 Å². The molecule has 1 fully saturated rings. The van der Waals surface area contributed by atoms with Crippen molar-refractivity contribution < 1.29 is 44.3 Å². The summed E-state index contributed by atoms with van der Waals surface area (Å²) in [6.45, 7) is 0.760. The van der Waals surface area contributed by atoms with Gasteiger partial charge in [0.15, 0.2) is 0 Å². The number of hydrogen-bond donors (Lipinski definition) is 1. The number of rotatable bonds is 5. The molecule has 0 unspecified atom stereocenters. The molecule has 90 valence electrons. The molecular weight excluding hydrogens is 241 g/mol. The van der Waals surface area contributed by atoms with Gasteiger partial charge in [0, 0.05) is 6.54 Å². The smallest absolute Gasteiger partial charge is 0.545 e. The van der Waals surface area contributed by atoms with Crippen molar-refractivity contribution in [2.45, 2.75) is 19.3 Å². The minimum absolute atomic E-state index is 0. The first-order chi connectivity index (χ1) is 8.15. The summed E-state index contributed by atoms with van der Waals surface area (Å²) in [5.74, 6) is -0.549. The molecule has 0 atom stereocenters. The summed E-state index contributed by atoms with van der Waals surface area (Å²) >= 11 is 0. The van der Waals surface area contributed by atoms with E-state index in [9.17, 15) is 14.7 Å². The Hall–Kier alpha value is -0.840. The number of carbonyl (C=O) groups is 2. The Morgan fingerprint density at radius 1 is 1.22 bits per heavy atom. The van der Waals surface area contributed by atoms with Crippen LogP contribution in [0.2, 0.25) is 0 Å². The third kappa shape index (κ3) is 4.80. The minimum atomic E-state index is -1.20. The molecule has 1 amide bonds. The van der Waals surface area contributed by atoms with E-state index in [2.05, 4.69) is 5.32 Å². The molecule has 0 aromatic heterocycles. The SMILES string of the molecule is O=C(Cc1ccc(C(=O)[O-])cc1)NCC1CC1.[Na+]. The molecule has 1 saturated carbocycles. The van der Waals surface area contributed by atoms with Crippen molar-refractivity contribution >= 4 is 11.9 Å². The van der Waals surface area contributed by atoms with Gasteiger partial charge in [-0.25, -0.2) is 0 Å². The van der Waals surface area contributed by atoms with Crippen LogP contribution in [0.25, 0.3) is 0 Å². The van der Waals surface area contributed by atoms with Crippen LogP contribution in [0, 0.1) is 5.92 Å². The van der Waals surface area contributed by atoms with E-state index in [0.29, 0.717) is 12.3 Å². The number of carboxylic acid groups (broad SMARTS) is 1. The average Bonchev–Trinajstić information content (AvgIpc) is 3.11. The molecule has 18 heavy (non-hydrogen) atoms. The van der Waals surface area contributed by atoms with Crippen molar-refractivity contribution in [3.8, 4) is 0 Å². The molecule has 0 radical (unpaired) electrons. The quantitative estimate of drug-likeness (QED) is 0.575. The number of hydrogen-bond acceptors (Lipinski definition) is 3. The van der Waals surface area contributed by atoms with E-state index in [4.69, 9.17) is 0 Å². The Kier molecular flexibility index (Phi) is 5.85. The van der Waals surface area contributed by atoms with Gasteiger partial charge in [-0.3, -0.25) is 4.79 Å². The zero-order valence-corrected chi connectivity index (χ0v) is 12.4. The molecule has 4 nitrogen and oxygen atoms in total. The van der Waals surface area contributed by atoms with Crippen molar-refractivity contribution in [3.63, 3.8) is 0 Å². The number of aromatic carboxylic acids is 1. The summed E-state index contributed by atoms with van der Waals surface area (Å²) < 4.78 is 0. The van der Waals surface area contributed by atoms with Gasteiger partial charge in [0.25, 0.3) is 0 Å². The Morgan fingerprint density at radius 2 is 1.83 bits per heavy atom. The summed E-state index contributed by atoms with van der Waals surface area (Å²) in [5, 5.41) is 13.4. The molecule has 1 aliphatic carbocycles. The molecule has 1 N–H and O–H groups in total. The number of nitrogens with one attached hydrogen (secondary N) is 1. The maximum absolute atomic E-state index is 11.5. The van der Waals surface area contributed by atoms with Gasteiger partial charge in [-0.2, -0.15) is 0 Å². The molecule has 2 rings (SSSR count). The normalized spacial score (nSPS) is 13.6. The van der Waals surface area contributed by atoms with Gasteiger partial charge >= 0.3 is 29.6 Å². The summed E-state index contributed by atoms with van der Waals surface area (Å²) in [7, 11) is 0. The third-order valence-electron chi connectivity index (χ3n) is 2.84. The zero-order chi connectivity index (χ0) is 12.3. The monoisotopic (exact) mass is 255 g/mol. The fourth-order valence-corrected chi connectivity index (χ4v) is 1.59. The molecule has 0 spiro atoms. The fraction of sp³-hybridized carbons (Fsp3) is 0.385. The van der Waals surface area contributed by atoms with Gasteiger partial charge < -0.3 is 15.2 Å². The predicted molar refractivity (Wildman–Crippen MR) is 60.2 cm³/mol. The maximum atomic E-state index is 11.5. The first kappa shape index (κ1) is 15.2. The minimum Gasteiger partial charge on any atom is -0.545 e. The average molecular weight is 255 g/mol. The third-order valence-corrected chi connectivity index (χ3v) is 2.84. The number of benzene rings is 1. The first-order valence-electron chi connectivity index (χ1n) is 5.72. The molecule has 1 aromatic carbocycles. The van der Waals surface area contributed by atoms with Crippen LogP contribution >= 0.6 is 0 Å². The van der Waals surface area contributed by atoms with E-state index >= 15 is 0 Å². The number of carbonyl (C=O) groups excluding carboxylic acids is 2. The Labute approximate surface area is 128 Å². The molecule has 0 aliphatic heterocycles. The van der Waals surface area contributed by atoms with Crippen molar-refractivity contribution in [2.24, 2.45) is 5.92 Å². The van der Waals surface area contributed by atoms with Crippen LogP contribution in [-0.4, -0.2) is 18.4 Å². The van der Waals surface area contributed by atoms with Crippen LogP contribution < -0.4 is 40.0 Å². The van der Waals surface area contributed by atoms with Crippen LogP contribution in [0.3, 0.4) is 0 Å². The largest absolute Gasteiger partial charge is 1.00 e. The molecular formula is C13H14NNaO3. The fourth-order valence-electron chi connectivity index (χ4n) is 1.59. The summed E-state index contributed by atoms with van der Waals surface area (Å²) in [4.78, 5) is 22.1. The van der Waals surface area contributed by atoms with Gasteiger partial charge in [0.05, 0.1) is 12.4 Å². The van der Waals surface area contributed by atoms with Crippen molar-refractivity contribution in [3.05, 3.63) is 35.4 Å². The van der Waals surface area contributed by atoms with Crippen LogP contribution in [0.1, 0.15) is 28.8 Å². The zero-order valence-electron chi connectivity index (χ0n) is 10.4. The number of amides is 1. The second-order valence-corrected chi connectivity index (χ2v) is 4.41. The van der Waals surface area contributed by atoms with E-state index in [1.54, 1.807) is 12.1 Å². The van der Waals surface area contributed by atoms with Crippen LogP contribution in [0.15, 0.2) is 24.3 Å². The van der Waals surface area contributed by atoms with Crippen LogP contribution in [0.5, 0.6) is 0 Å². The summed E-state index contributed by atoms with van der Waals surface area (Å²) in [5.41, 5.74) is 0.940. The summed E-state index contributed by atoms with van der Waals surface area (Å²) in [6.07, 6.45) is 2.71. The van der Waals surface area contributed by atoms with E-state index < -0.39 is 5.97 Å². The topological polar surface area (TPSA) is 69.2 Å². The maximum Gasteiger partial charge on any atom is 1.00 e. The van der Waals surface area contributed by atoms with Gasteiger partial charge in [0.2, 0.25) is 5.91 Å². The van der Waals surface area contributed by atoms with E-state index in [1.807, 2.05) is 0 Å². The Morgan fingerprint density at radius 3 is 2.33 bits per heavy atom. The predicted octanol–water partition coefficient (Wildman–Crippen LogP) is -2.88. The summed E-state index contributed by atoms with van der Waals surface area (Å²) in [6, 6.07) is 6.20. The second kappa shape index (κ2) is 6.92. The van der Waals surface area contributed by atoms with Crippen LogP contribution in [0.4, 0.5) is 0 Å². The second-order valence-electron chi connectivity index (χ2n) is 4.41. The van der Waals surface area contributed by atoms with Crippen molar-refractivity contribution in [1.82, 2.24) is 5.32 Å². The standard InChI is InChI=1S/C13H15NO3.Na/c15-12(14-8-10-1-2-10)7-9-3-5-11(6-4-9)13(16)17;/h3-6,10H,1-2,7-8H2,(H,14,15)(H,16,17);/q;+1/p-1. The van der Waals surface area contributed by atoms with E-state index in [0.717, 1.165) is 12.1 Å². The molecule has 0 heterocycles. The molecule has 5 heteroatoms. The van der Waals surface area contributed by atoms with E-state index in [1.165, 1.54) is 25.0 Å². The Bertz CT molecular complexity index is 426. The molecule has 0 saturated heterocycles. The molecule has 0 bridgehead atoms.